The summed E-state index contributed by atoms with van der Waals surface area (Å²) in [5.74, 6) is -0.770. The molecule has 2 aliphatic rings. The molecule has 1 unspecified atom stereocenters. The summed E-state index contributed by atoms with van der Waals surface area (Å²) in [5.41, 5.74) is 4.71. The average molecular weight is 524 g/mol. The normalized spacial score (nSPS) is 15.5. The Morgan fingerprint density at radius 3 is 2.21 bits per heavy atom. The van der Waals surface area contributed by atoms with Gasteiger partial charge in [0.15, 0.2) is 6.10 Å². The fourth-order valence-electron chi connectivity index (χ4n) is 5.28. The van der Waals surface area contributed by atoms with Crippen LogP contribution in [0.2, 0.25) is 0 Å². The van der Waals surface area contributed by atoms with E-state index in [-0.39, 0.29) is 5.91 Å². The number of esters is 1. The molecule has 1 amide bonds. The van der Waals surface area contributed by atoms with Crippen LogP contribution in [0, 0.1) is 0 Å². The van der Waals surface area contributed by atoms with E-state index in [4.69, 9.17) is 9.72 Å². The number of hydrogen-bond acceptors (Lipinski definition) is 6. The number of pyridine rings is 1. The van der Waals surface area contributed by atoms with Crippen LogP contribution < -0.4 is 4.90 Å². The summed E-state index contributed by atoms with van der Waals surface area (Å²) in [6, 6.07) is 23.6. The molecule has 7 heteroatoms. The lowest BCUT2D eigenvalue weighted by atomic mass is 9.95. The van der Waals surface area contributed by atoms with Crippen LogP contribution in [0.25, 0.3) is 10.9 Å². The zero-order valence-corrected chi connectivity index (χ0v) is 22.5. The summed E-state index contributed by atoms with van der Waals surface area (Å²) in [4.78, 5) is 38.6. The van der Waals surface area contributed by atoms with Gasteiger partial charge in [-0.15, -0.1) is 0 Å². The molecule has 0 N–H and O–H groups in total. The standard InChI is InChI=1S/C31H29N3O3S/c1-19(2)33-17-16-24-22(18-33)29(21-10-4-5-11-23(21)32-24)31(36)37-20(3)30(35)34-25-12-6-8-14-27(25)38-28-15-9-7-13-26(28)34/h4-15,19-20H,16-18H2,1-3H3. The summed E-state index contributed by atoms with van der Waals surface area (Å²) in [7, 11) is 0. The number of anilines is 2. The van der Waals surface area contributed by atoms with E-state index in [1.165, 1.54) is 0 Å². The maximum absolute atomic E-state index is 13.9. The largest absolute Gasteiger partial charge is 0.449 e. The number of nitrogens with zero attached hydrogens (tertiary/aromatic N) is 3. The van der Waals surface area contributed by atoms with Gasteiger partial charge in [-0.3, -0.25) is 19.6 Å². The van der Waals surface area contributed by atoms with Crippen molar-refractivity contribution in [1.29, 1.82) is 0 Å². The number of ether oxygens (including phenoxy) is 1. The smallest absolute Gasteiger partial charge is 0.339 e. The van der Waals surface area contributed by atoms with Gasteiger partial charge in [-0.1, -0.05) is 54.2 Å². The number of fused-ring (bicyclic) bond motifs is 4. The summed E-state index contributed by atoms with van der Waals surface area (Å²) < 4.78 is 5.97. The van der Waals surface area contributed by atoms with Gasteiger partial charge in [0.2, 0.25) is 0 Å². The van der Waals surface area contributed by atoms with E-state index < -0.39 is 12.1 Å². The summed E-state index contributed by atoms with van der Waals surface area (Å²) in [6.45, 7) is 7.49. The summed E-state index contributed by atoms with van der Waals surface area (Å²) in [5, 5.41) is 0.756. The van der Waals surface area contributed by atoms with E-state index in [2.05, 4.69) is 18.7 Å². The topological polar surface area (TPSA) is 62.7 Å². The SMILES string of the molecule is CC(OC(=O)c1c2c(nc3ccccc13)CCN(C(C)C)C2)C(=O)N1c2ccccc2Sc2ccccc21. The fourth-order valence-corrected chi connectivity index (χ4v) is 6.34. The van der Waals surface area contributed by atoms with Gasteiger partial charge < -0.3 is 4.74 Å². The Balaban J connectivity index is 1.36. The van der Waals surface area contributed by atoms with Crippen molar-refractivity contribution in [1.82, 2.24) is 9.88 Å². The van der Waals surface area contributed by atoms with Crippen molar-refractivity contribution in [2.75, 3.05) is 11.4 Å². The van der Waals surface area contributed by atoms with Crippen LogP contribution in [0.15, 0.2) is 82.6 Å². The van der Waals surface area contributed by atoms with Crippen LogP contribution in [-0.4, -0.2) is 40.5 Å². The minimum atomic E-state index is -0.987. The number of hydrogen-bond donors (Lipinski definition) is 0. The van der Waals surface area contributed by atoms with Gasteiger partial charge in [0.25, 0.3) is 5.91 Å². The van der Waals surface area contributed by atoms with E-state index in [0.29, 0.717) is 18.2 Å². The molecule has 2 aliphatic heterocycles. The zero-order valence-electron chi connectivity index (χ0n) is 21.7. The third-order valence-corrected chi connectivity index (χ3v) is 8.42. The lowest BCUT2D eigenvalue weighted by Crippen LogP contribution is -2.39. The zero-order chi connectivity index (χ0) is 26.4. The van der Waals surface area contributed by atoms with Crippen LogP contribution in [-0.2, 0) is 22.5 Å². The van der Waals surface area contributed by atoms with Crippen LogP contribution in [0.1, 0.15) is 42.4 Å². The number of para-hydroxylation sites is 3. The highest BCUT2D eigenvalue weighted by Crippen LogP contribution is 2.48. The van der Waals surface area contributed by atoms with Crippen LogP contribution >= 0.6 is 11.8 Å². The highest BCUT2D eigenvalue weighted by molar-refractivity contribution is 7.99. The van der Waals surface area contributed by atoms with Crippen LogP contribution in [0.5, 0.6) is 0 Å². The number of carbonyl (C=O) groups excluding carboxylic acids is 2. The molecule has 6 nitrogen and oxygen atoms in total. The van der Waals surface area contributed by atoms with Gasteiger partial charge in [0.05, 0.1) is 22.5 Å². The minimum absolute atomic E-state index is 0.283. The van der Waals surface area contributed by atoms with E-state index in [0.717, 1.165) is 56.3 Å². The Labute approximate surface area is 226 Å². The first-order valence-electron chi connectivity index (χ1n) is 13.0. The summed E-state index contributed by atoms with van der Waals surface area (Å²) >= 11 is 1.63. The lowest BCUT2D eigenvalue weighted by Gasteiger charge is -2.33. The molecular weight excluding hydrogens is 494 g/mol. The van der Waals surface area contributed by atoms with E-state index in [1.54, 1.807) is 23.6 Å². The van der Waals surface area contributed by atoms with Gasteiger partial charge in [0.1, 0.15) is 0 Å². The van der Waals surface area contributed by atoms with Crippen molar-refractivity contribution < 1.29 is 14.3 Å². The quantitative estimate of drug-likeness (QED) is 0.290. The first kappa shape index (κ1) is 24.6. The van der Waals surface area contributed by atoms with Gasteiger partial charge in [0, 0.05) is 52.0 Å². The number of amides is 1. The first-order valence-corrected chi connectivity index (χ1v) is 13.8. The number of aromatic nitrogens is 1. The molecule has 0 spiro atoms. The van der Waals surface area contributed by atoms with Crippen molar-refractivity contribution in [2.45, 2.75) is 55.7 Å². The van der Waals surface area contributed by atoms with Gasteiger partial charge in [-0.25, -0.2) is 4.79 Å². The molecule has 1 aromatic heterocycles. The molecule has 1 atom stereocenters. The molecule has 0 bridgehead atoms. The van der Waals surface area contributed by atoms with Gasteiger partial charge >= 0.3 is 5.97 Å². The Morgan fingerprint density at radius 1 is 0.895 bits per heavy atom. The van der Waals surface area contributed by atoms with Crippen molar-refractivity contribution >= 4 is 45.9 Å². The predicted molar refractivity (Wildman–Crippen MR) is 150 cm³/mol. The third kappa shape index (κ3) is 4.25. The van der Waals surface area contributed by atoms with E-state index in [9.17, 15) is 9.59 Å². The molecule has 0 radical (unpaired) electrons. The molecule has 3 aromatic carbocycles. The molecule has 192 valence electrons. The van der Waals surface area contributed by atoms with Crippen LogP contribution in [0.4, 0.5) is 11.4 Å². The van der Waals surface area contributed by atoms with Gasteiger partial charge in [-0.2, -0.15) is 0 Å². The number of carbonyl (C=O) groups is 2. The molecule has 38 heavy (non-hydrogen) atoms. The molecule has 0 saturated carbocycles. The maximum atomic E-state index is 13.9. The Bertz CT molecular complexity index is 1520. The number of rotatable bonds is 4. The lowest BCUT2D eigenvalue weighted by molar-refractivity contribution is -0.125. The highest BCUT2D eigenvalue weighted by atomic mass is 32.2. The maximum Gasteiger partial charge on any atom is 0.339 e. The molecule has 4 aromatic rings. The Hall–Kier alpha value is -3.68. The average Bonchev–Trinajstić information content (AvgIpc) is 2.93. The highest BCUT2D eigenvalue weighted by Gasteiger charge is 2.34. The van der Waals surface area contributed by atoms with Gasteiger partial charge in [-0.05, 0) is 51.1 Å². The molecule has 6 rings (SSSR count). The van der Waals surface area contributed by atoms with Crippen molar-refractivity contribution in [3.8, 4) is 0 Å². The first-order chi connectivity index (χ1) is 18.4. The molecule has 3 heterocycles. The Kier molecular flexibility index (Phi) is 6.41. The minimum Gasteiger partial charge on any atom is -0.449 e. The van der Waals surface area contributed by atoms with E-state index >= 15 is 0 Å². The van der Waals surface area contributed by atoms with Crippen molar-refractivity contribution in [3.63, 3.8) is 0 Å². The van der Waals surface area contributed by atoms with E-state index in [1.807, 2.05) is 72.8 Å². The second-order valence-electron chi connectivity index (χ2n) is 10.0. The van der Waals surface area contributed by atoms with Crippen molar-refractivity contribution in [2.24, 2.45) is 0 Å². The monoisotopic (exact) mass is 523 g/mol. The predicted octanol–water partition coefficient (Wildman–Crippen LogP) is 6.38. The molecular formula is C31H29N3O3S. The molecule has 0 aliphatic carbocycles. The summed E-state index contributed by atoms with van der Waals surface area (Å²) in [6.07, 6.45) is -0.217. The molecule has 0 saturated heterocycles. The third-order valence-electron chi connectivity index (χ3n) is 7.29. The second-order valence-corrected chi connectivity index (χ2v) is 11.1. The van der Waals surface area contributed by atoms with Crippen molar-refractivity contribution in [3.05, 3.63) is 89.6 Å². The second kappa shape index (κ2) is 9.89. The number of benzene rings is 3. The fraction of sp³-hybridized carbons (Fsp3) is 0.258. The van der Waals surface area contributed by atoms with Crippen LogP contribution in [0.3, 0.4) is 0 Å². The molecule has 0 fully saturated rings. The Morgan fingerprint density at radius 2 is 1.53 bits per heavy atom.